The van der Waals surface area contributed by atoms with Crippen LogP contribution >= 0.6 is 22.6 Å². The third kappa shape index (κ3) is 5.86. The summed E-state index contributed by atoms with van der Waals surface area (Å²) >= 11 is 2.44. The van der Waals surface area contributed by atoms with Crippen molar-refractivity contribution in [2.75, 3.05) is 11.0 Å². The number of aromatic nitrogens is 2. The molecule has 0 radical (unpaired) electrons. The molecule has 0 aliphatic rings. The monoisotopic (exact) mass is 349 g/mol. The summed E-state index contributed by atoms with van der Waals surface area (Å²) in [5, 5.41) is 8.02. The molecule has 0 aliphatic carbocycles. The summed E-state index contributed by atoms with van der Waals surface area (Å²) in [5.41, 5.74) is 1.15. The molecule has 0 fully saturated rings. The second kappa shape index (κ2) is 8.91. The van der Waals surface area contributed by atoms with Crippen LogP contribution < -0.4 is 5.32 Å². The van der Waals surface area contributed by atoms with Gasteiger partial charge in [-0.2, -0.15) is 5.10 Å². The number of unbranched alkanes of at least 4 members (excludes halogenated alkanes) is 2. The molecule has 0 aromatic carbocycles. The zero-order valence-corrected chi connectivity index (χ0v) is 13.1. The minimum absolute atomic E-state index is 0.507. The van der Waals surface area contributed by atoms with Crippen molar-refractivity contribution in [3.8, 4) is 0 Å². The minimum atomic E-state index is 0.507. The largest absolute Gasteiger partial charge is 0.311 e. The van der Waals surface area contributed by atoms with E-state index in [2.05, 4.69) is 63.8 Å². The fourth-order valence-corrected chi connectivity index (χ4v) is 2.18. The molecule has 17 heavy (non-hydrogen) atoms. The van der Waals surface area contributed by atoms with Crippen LogP contribution in [-0.2, 0) is 6.54 Å². The van der Waals surface area contributed by atoms with Gasteiger partial charge in [-0.05, 0) is 43.2 Å². The van der Waals surface area contributed by atoms with Gasteiger partial charge in [0.05, 0.1) is 5.69 Å². The van der Waals surface area contributed by atoms with Gasteiger partial charge in [-0.25, -0.2) is 0 Å². The maximum absolute atomic E-state index is 4.57. The van der Waals surface area contributed by atoms with Gasteiger partial charge in [0.2, 0.25) is 0 Å². The molecule has 0 aliphatic heterocycles. The first-order chi connectivity index (χ1) is 8.27. The van der Waals surface area contributed by atoms with Crippen LogP contribution in [0.2, 0.25) is 0 Å². The van der Waals surface area contributed by atoms with Crippen LogP contribution in [0, 0.1) is 0 Å². The van der Waals surface area contributed by atoms with Gasteiger partial charge in [0, 0.05) is 18.8 Å². The van der Waals surface area contributed by atoms with Gasteiger partial charge in [0.15, 0.2) is 0 Å². The lowest BCUT2D eigenvalue weighted by Gasteiger charge is -2.08. The number of halogens is 1. The average molecular weight is 349 g/mol. The van der Waals surface area contributed by atoms with Gasteiger partial charge in [0.25, 0.3) is 0 Å². The van der Waals surface area contributed by atoms with E-state index in [1.807, 2.05) is 0 Å². The molecule has 1 rings (SSSR count). The Kier molecular flexibility index (Phi) is 7.84. The Morgan fingerprint density at radius 1 is 1.41 bits per heavy atom. The number of alkyl halides is 1. The van der Waals surface area contributed by atoms with E-state index in [-0.39, 0.29) is 0 Å². The number of nitrogens with one attached hydrogen (secondary N) is 1. The standard InChI is InChI=1S/C13H24IN3/c1-3-12(2)17-10-7-13(16-17)11-15-9-6-4-5-8-14/h7,10,12,15H,3-6,8-9,11H2,1-2H3. The molecule has 1 N–H and O–H groups in total. The highest BCUT2D eigenvalue weighted by molar-refractivity contribution is 14.1. The van der Waals surface area contributed by atoms with Crippen molar-refractivity contribution in [1.29, 1.82) is 0 Å². The predicted octanol–water partition coefficient (Wildman–Crippen LogP) is 3.55. The van der Waals surface area contributed by atoms with Crippen molar-refractivity contribution in [3.63, 3.8) is 0 Å². The van der Waals surface area contributed by atoms with Gasteiger partial charge in [0.1, 0.15) is 0 Å². The van der Waals surface area contributed by atoms with E-state index in [1.54, 1.807) is 0 Å². The Hall–Kier alpha value is -0.100. The van der Waals surface area contributed by atoms with E-state index < -0.39 is 0 Å². The zero-order chi connectivity index (χ0) is 12.5. The smallest absolute Gasteiger partial charge is 0.0762 e. The van der Waals surface area contributed by atoms with E-state index in [4.69, 9.17) is 0 Å². The van der Waals surface area contributed by atoms with Crippen LogP contribution in [0.25, 0.3) is 0 Å². The molecule has 98 valence electrons. The van der Waals surface area contributed by atoms with E-state index >= 15 is 0 Å². The summed E-state index contributed by atoms with van der Waals surface area (Å²) in [6, 6.07) is 2.62. The van der Waals surface area contributed by atoms with Crippen molar-refractivity contribution in [2.24, 2.45) is 0 Å². The van der Waals surface area contributed by atoms with Crippen LogP contribution in [0.4, 0.5) is 0 Å². The quantitative estimate of drug-likeness (QED) is 0.420. The van der Waals surface area contributed by atoms with Crippen LogP contribution in [-0.4, -0.2) is 20.8 Å². The third-order valence-corrected chi connectivity index (χ3v) is 3.76. The SMILES string of the molecule is CCC(C)n1ccc(CNCCCCCI)n1. The molecule has 1 aromatic rings. The second-order valence-corrected chi connectivity index (χ2v) is 5.55. The molecule has 1 heterocycles. The lowest BCUT2D eigenvalue weighted by atomic mass is 10.2. The van der Waals surface area contributed by atoms with Crippen LogP contribution in [0.5, 0.6) is 0 Å². The average Bonchev–Trinajstić information content (AvgIpc) is 2.81. The molecule has 0 bridgehead atoms. The molecule has 0 spiro atoms. The Bertz CT molecular complexity index is 299. The molecule has 1 aromatic heterocycles. The van der Waals surface area contributed by atoms with Gasteiger partial charge < -0.3 is 5.32 Å². The molecule has 4 heteroatoms. The molecular formula is C13H24IN3. The van der Waals surface area contributed by atoms with Crippen molar-refractivity contribution >= 4 is 22.6 Å². The number of hydrogen-bond acceptors (Lipinski definition) is 2. The summed E-state index contributed by atoms with van der Waals surface area (Å²) in [7, 11) is 0. The van der Waals surface area contributed by atoms with Crippen molar-refractivity contribution in [3.05, 3.63) is 18.0 Å². The Balaban J connectivity index is 2.16. The van der Waals surface area contributed by atoms with Crippen LogP contribution in [0.1, 0.15) is 51.3 Å². The summed E-state index contributed by atoms with van der Waals surface area (Å²) in [6.07, 6.45) is 7.16. The van der Waals surface area contributed by atoms with Gasteiger partial charge in [-0.1, -0.05) is 35.9 Å². The van der Waals surface area contributed by atoms with Crippen molar-refractivity contribution < 1.29 is 0 Å². The number of nitrogens with zero attached hydrogens (tertiary/aromatic N) is 2. The lowest BCUT2D eigenvalue weighted by molar-refractivity contribution is 0.471. The van der Waals surface area contributed by atoms with E-state index in [0.717, 1.165) is 25.2 Å². The summed E-state index contributed by atoms with van der Waals surface area (Å²) in [5.74, 6) is 0. The van der Waals surface area contributed by atoms with E-state index in [9.17, 15) is 0 Å². The topological polar surface area (TPSA) is 29.9 Å². The summed E-state index contributed by atoms with van der Waals surface area (Å²) in [4.78, 5) is 0. The third-order valence-electron chi connectivity index (χ3n) is 3.00. The molecule has 0 saturated carbocycles. The highest BCUT2D eigenvalue weighted by Gasteiger charge is 2.03. The van der Waals surface area contributed by atoms with Crippen LogP contribution in [0.3, 0.4) is 0 Å². The number of hydrogen-bond donors (Lipinski definition) is 1. The first kappa shape index (κ1) is 15.0. The Morgan fingerprint density at radius 2 is 2.24 bits per heavy atom. The van der Waals surface area contributed by atoms with Gasteiger partial charge in [-0.3, -0.25) is 4.68 Å². The molecule has 0 saturated heterocycles. The summed E-state index contributed by atoms with van der Waals surface area (Å²) < 4.78 is 3.34. The maximum atomic E-state index is 4.57. The maximum Gasteiger partial charge on any atom is 0.0762 e. The molecule has 3 nitrogen and oxygen atoms in total. The number of rotatable bonds is 9. The fourth-order valence-electron chi connectivity index (χ4n) is 1.64. The van der Waals surface area contributed by atoms with Gasteiger partial charge in [-0.15, -0.1) is 0 Å². The second-order valence-electron chi connectivity index (χ2n) is 4.47. The minimum Gasteiger partial charge on any atom is -0.311 e. The predicted molar refractivity (Wildman–Crippen MR) is 81.7 cm³/mol. The molecular weight excluding hydrogens is 325 g/mol. The van der Waals surface area contributed by atoms with Crippen LogP contribution in [0.15, 0.2) is 12.3 Å². The van der Waals surface area contributed by atoms with E-state index in [1.165, 1.54) is 23.7 Å². The zero-order valence-electron chi connectivity index (χ0n) is 11.0. The molecule has 1 unspecified atom stereocenters. The van der Waals surface area contributed by atoms with Crippen molar-refractivity contribution in [1.82, 2.24) is 15.1 Å². The highest BCUT2D eigenvalue weighted by Crippen LogP contribution is 2.08. The first-order valence-corrected chi connectivity index (χ1v) is 8.11. The lowest BCUT2D eigenvalue weighted by Crippen LogP contribution is -2.15. The normalized spacial score (nSPS) is 12.9. The highest BCUT2D eigenvalue weighted by atomic mass is 127. The fraction of sp³-hybridized carbons (Fsp3) is 0.769. The van der Waals surface area contributed by atoms with E-state index in [0.29, 0.717) is 6.04 Å². The first-order valence-electron chi connectivity index (χ1n) is 6.58. The Morgan fingerprint density at radius 3 is 2.94 bits per heavy atom. The molecule has 1 atom stereocenters. The Labute approximate surface area is 118 Å². The van der Waals surface area contributed by atoms with Gasteiger partial charge >= 0.3 is 0 Å². The molecule has 0 amide bonds. The summed E-state index contributed by atoms with van der Waals surface area (Å²) in [6.45, 7) is 6.39. The van der Waals surface area contributed by atoms with Crippen molar-refractivity contribution in [2.45, 2.75) is 52.1 Å².